The number of nitrogens with one attached hydrogen (secondary N) is 1. The molecular weight excluding hydrogens is 440 g/mol. The molecule has 0 aliphatic rings. The number of carbonyl (C=O) groups is 1. The second kappa shape index (κ2) is 9.68. The summed E-state index contributed by atoms with van der Waals surface area (Å²) in [7, 11) is -3.81. The molecule has 0 saturated heterocycles. The summed E-state index contributed by atoms with van der Waals surface area (Å²) in [5, 5.41) is 12.3. The smallest absolute Gasteiger partial charge is 0.262 e. The molecule has 3 N–H and O–H groups in total. The molecule has 1 aromatic heterocycles. The van der Waals surface area contributed by atoms with Crippen LogP contribution in [0, 0.1) is 0 Å². The van der Waals surface area contributed by atoms with Crippen LogP contribution in [0.3, 0.4) is 0 Å². The molecule has 1 amide bonds. The van der Waals surface area contributed by atoms with Crippen LogP contribution in [0.25, 0.3) is 0 Å². The van der Waals surface area contributed by atoms with E-state index in [2.05, 4.69) is 10.4 Å². The first kappa shape index (κ1) is 22.3. The van der Waals surface area contributed by atoms with Crippen molar-refractivity contribution in [3.8, 4) is 5.88 Å². The Hall–Kier alpha value is -3.95. The predicted molar refractivity (Wildman–Crippen MR) is 124 cm³/mol. The number of nitrogens with zero attached hydrogens (tertiary/aromatic N) is 2. The number of hydrogen-bond donors (Lipinski definition) is 2. The largest absolute Gasteiger partial charge is 0.471 e. The first-order valence-corrected chi connectivity index (χ1v) is 11.7. The molecule has 0 saturated carbocycles. The maximum atomic E-state index is 13.0. The van der Waals surface area contributed by atoms with Crippen molar-refractivity contribution in [2.45, 2.75) is 18.0 Å². The van der Waals surface area contributed by atoms with E-state index >= 15 is 0 Å². The van der Waals surface area contributed by atoms with Crippen molar-refractivity contribution < 1.29 is 17.9 Å². The Kier molecular flexibility index (Phi) is 6.53. The van der Waals surface area contributed by atoms with Crippen molar-refractivity contribution >= 4 is 21.6 Å². The van der Waals surface area contributed by atoms with Crippen molar-refractivity contribution in [1.82, 2.24) is 9.78 Å². The topological polar surface area (TPSA) is 116 Å². The number of benzene rings is 3. The number of carbonyl (C=O) groups excluding carboxylic acids is 1. The Labute approximate surface area is 191 Å². The lowest BCUT2D eigenvalue weighted by Gasteiger charge is -2.07. The number of nitrogens with two attached hydrogens (primary N) is 1. The van der Waals surface area contributed by atoms with Crippen LogP contribution in [0.4, 0.5) is 5.69 Å². The lowest BCUT2D eigenvalue weighted by molar-refractivity contribution is 0.102. The normalized spacial score (nSPS) is 11.2. The maximum absolute atomic E-state index is 13.0. The molecule has 4 aromatic rings. The van der Waals surface area contributed by atoms with E-state index in [1.165, 1.54) is 24.3 Å². The number of rotatable bonds is 8. The Morgan fingerprint density at radius 1 is 0.909 bits per heavy atom. The highest BCUT2D eigenvalue weighted by Gasteiger charge is 2.19. The predicted octanol–water partition coefficient (Wildman–Crippen LogP) is 3.41. The van der Waals surface area contributed by atoms with E-state index in [0.29, 0.717) is 12.2 Å². The lowest BCUT2D eigenvalue weighted by Crippen LogP contribution is -2.14. The van der Waals surface area contributed by atoms with Gasteiger partial charge < -0.3 is 10.1 Å². The standard InChI is InChI=1S/C24H22N4O4S/c25-33(30,31)21-13-11-20(12-14-21)26-23(29)22-16-28(15-18-7-3-1-4-8-18)27-24(22)32-17-19-9-5-2-6-10-19/h1-14,16H,15,17H2,(H,26,29)(H2,25,30,31). The zero-order chi connectivity index (χ0) is 23.3. The number of aromatic nitrogens is 2. The highest BCUT2D eigenvalue weighted by Crippen LogP contribution is 2.21. The first-order valence-electron chi connectivity index (χ1n) is 10.1. The van der Waals surface area contributed by atoms with Crippen LogP contribution in [0.2, 0.25) is 0 Å². The molecule has 0 spiro atoms. The molecule has 0 radical (unpaired) electrons. The Bertz CT molecular complexity index is 1340. The van der Waals surface area contributed by atoms with Gasteiger partial charge in [0, 0.05) is 11.9 Å². The number of anilines is 1. The Morgan fingerprint density at radius 3 is 2.12 bits per heavy atom. The highest BCUT2D eigenvalue weighted by molar-refractivity contribution is 7.89. The van der Waals surface area contributed by atoms with Gasteiger partial charge >= 0.3 is 0 Å². The van der Waals surface area contributed by atoms with Gasteiger partial charge in [0.1, 0.15) is 12.2 Å². The molecule has 9 heteroatoms. The van der Waals surface area contributed by atoms with E-state index in [0.717, 1.165) is 11.1 Å². The van der Waals surface area contributed by atoms with Gasteiger partial charge in [0.05, 0.1) is 11.4 Å². The van der Waals surface area contributed by atoms with Gasteiger partial charge in [-0.05, 0) is 35.4 Å². The molecule has 4 rings (SSSR count). The quantitative estimate of drug-likeness (QED) is 0.416. The van der Waals surface area contributed by atoms with Crippen LogP contribution >= 0.6 is 0 Å². The van der Waals surface area contributed by atoms with E-state index in [1.54, 1.807) is 10.9 Å². The van der Waals surface area contributed by atoms with E-state index in [1.807, 2.05) is 60.7 Å². The summed E-state index contributed by atoms with van der Waals surface area (Å²) in [5.41, 5.74) is 2.65. The van der Waals surface area contributed by atoms with E-state index in [-0.39, 0.29) is 22.9 Å². The van der Waals surface area contributed by atoms with Gasteiger partial charge in [-0.2, -0.15) is 0 Å². The number of sulfonamides is 1. The summed E-state index contributed by atoms with van der Waals surface area (Å²) in [6.07, 6.45) is 1.63. The number of amides is 1. The summed E-state index contributed by atoms with van der Waals surface area (Å²) < 4.78 is 30.4. The molecule has 1 heterocycles. The Morgan fingerprint density at radius 2 is 1.52 bits per heavy atom. The van der Waals surface area contributed by atoms with Gasteiger partial charge in [-0.15, -0.1) is 5.10 Å². The summed E-state index contributed by atoms with van der Waals surface area (Å²) in [6.45, 7) is 0.728. The van der Waals surface area contributed by atoms with E-state index in [9.17, 15) is 13.2 Å². The monoisotopic (exact) mass is 462 g/mol. The van der Waals surface area contributed by atoms with Crippen LogP contribution in [-0.4, -0.2) is 24.1 Å². The molecule has 0 atom stereocenters. The van der Waals surface area contributed by atoms with Crippen LogP contribution in [-0.2, 0) is 23.2 Å². The van der Waals surface area contributed by atoms with Gasteiger partial charge in [0.2, 0.25) is 15.9 Å². The zero-order valence-electron chi connectivity index (χ0n) is 17.6. The zero-order valence-corrected chi connectivity index (χ0v) is 18.4. The minimum atomic E-state index is -3.81. The van der Waals surface area contributed by atoms with Crippen LogP contribution in [0.5, 0.6) is 5.88 Å². The summed E-state index contributed by atoms with van der Waals surface area (Å²) in [4.78, 5) is 13.0. The van der Waals surface area contributed by atoms with Crippen molar-refractivity contribution in [2.24, 2.45) is 5.14 Å². The van der Waals surface area contributed by atoms with Crippen molar-refractivity contribution in [3.05, 3.63) is 108 Å². The minimum absolute atomic E-state index is 0.0388. The SMILES string of the molecule is NS(=O)(=O)c1ccc(NC(=O)c2cn(Cc3ccccc3)nc2OCc2ccccc2)cc1. The molecule has 0 unspecified atom stereocenters. The second-order valence-electron chi connectivity index (χ2n) is 7.33. The fourth-order valence-corrected chi connectivity index (χ4v) is 3.69. The molecule has 33 heavy (non-hydrogen) atoms. The molecular formula is C24H22N4O4S. The Balaban J connectivity index is 1.56. The molecule has 168 valence electrons. The van der Waals surface area contributed by atoms with Crippen LogP contribution < -0.4 is 15.2 Å². The fraction of sp³-hybridized carbons (Fsp3) is 0.0833. The fourth-order valence-electron chi connectivity index (χ4n) is 3.17. The van der Waals surface area contributed by atoms with Crippen molar-refractivity contribution in [1.29, 1.82) is 0 Å². The number of hydrogen-bond acceptors (Lipinski definition) is 5. The van der Waals surface area contributed by atoms with Gasteiger partial charge in [-0.3, -0.25) is 9.48 Å². The second-order valence-corrected chi connectivity index (χ2v) is 8.89. The average Bonchev–Trinajstić information content (AvgIpc) is 3.21. The molecule has 0 aliphatic carbocycles. The highest BCUT2D eigenvalue weighted by atomic mass is 32.2. The molecule has 8 nitrogen and oxygen atoms in total. The van der Waals surface area contributed by atoms with Crippen molar-refractivity contribution in [3.63, 3.8) is 0 Å². The minimum Gasteiger partial charge on any atom is -0.471 e. The van der Waals surface area contributed by atoms with E-state index in [4.69, 9.17) is 9.88 Å². The lowest BCUT2D eigenvalue weighted by atomic mass is 10.2. The van der Waals surface area contributed by atoms with Crippen molar-refractivity contribution in [2.75, 3.05) is 5.32 Å². The third kappa shape index (κ3) is 5.85. The van der Waals surface area contributed by atoms with Gasteiger partial charge in [-0.1, -0.05) is 60.7 Å². The summed E-state index contributed by atoms with van der Waals surface area (Å²) in [5.74, 6) is -0.228. The number of primary sulfonamides is 1. The molecule has 0 bridgehead atoms. The molecule has 0 fully saturated rings. The molecule has 3 aromatic carbocycles. The van der Waals surface area contributed by atoms with Gasteiger partial charge in [-0.25, -0.2) is 13.6 Å². The maximum Gasteiger partial charge on any atom is 0.262 e. The number of ether oxygens (including phenoxy) is 1. The average molecular weight is 463 g/mol. The van der Waals surface area contributed by atoms with Crippen LogP contribution in [0.15, 0.2) is 96.0 Å². The molecule has 0 aliphatic heterocycles. The van der Waals surface area contributed by atoms with Gasteiger partial charge in [0.25, 0.3) is 5.91 Å². The summed E-state index contributed by atoms with van der Waals surface area (Å²) in [6, 6.07) is 24.9. The third-order valence-corrected chi connectivity index (χ3v) is 5.75. The first-order chi connectivity index (χ1) is 15.9. The van der Waals surface area contributed by atoms with Gasteiger partial charge in [0.15, 0.2) is 0 Å². The van der Waals surface area contributed by atoms with Crippen LogP contribution in [0.1, 0.15) is 21.5 Å². The third-order valence-electron chi connectivity index (χ3n) is 4.82. The van der Waals surface area contributed by atoms with E-state index < -0.39 is 15.9 Å². The summed E-state index contributed by atoms with van der Waals surface area (Å²) >= 11 is 0.